The third kappa shape index (κ3) is 3.41. The second kappa shape index (κ2) is 5.78. The standard InChI is InChI=1S/C13H17F3N2O3S/c1-12(8-19)6-2-3-10(12)18-22(20,21)9-4-5-11(17-7-9)13(14,15)16/h4-5,7,10,18-19H,2-3,6,8H2,1H3/t10-,12-/m0/s1. The minimum atomic E-state index is -4.61. The molecule has 2 atom stereocenters. The van der Waals surface area contributed by atoms with Crippen molar-refractivity contribution < 1.29 is 26.7 Å². The number of nitrogens with zero attached hydrogens (tertiary/aromatic N) is 1. The van der Waals surface area contributed by atoms with Gasteiger partial charge in [0, 0.05) is 24.3 Å². The Labute approximate surface area is 126 Å². The molecule has 0 unspecified atom stereocenters. The van der Waals surface area contributed by atoms with Gasteiger partial charge in [0.15, 0.2) is 0 Å². The third-order valence-corrected chi connectivity index (χ3v) is 5.53. The van der Waals surface area contributed by atoms with Crippen LogP contribution in [0.2, 0.25) is 0 Å². The zero-order chi connectivity index (χ0) is 16.6. The van der Waals surface area contributed by atoms with E-state index >= 15 is 0 Å². The summed E-state index contributed by atoms with van der Waals surface area (Å²) in [7, 11) is -3.98. The van der Waals surface area contributed by atoms with Gasteiger partial charge < -0.3 is 5.11 Å². The van der Waals surface area contributed by atoms with Gasteiger partial charge in [-0.3, -0.25) is 4.98 Å². The number of nitrogens with one attached hydrogen (secondary N) is 1. The molecule has 1 fully saturated rings. The Kier molecular flexibility index (Phi) is 4.51. The van der Waals surface area contributed by atoms with Crippen LogP contribution in [-0.4, -0.2) is 31.2 Å². The van der Waals surface area contributed by atoms with Crippen molar-refractivity contribution in [2.45, 2.75) is 43.3 Å². The lowest BCUT2D eigenvalue weighted by atomic mass is 9.86. The molecule has 0 amide bonds. The van der Waals surface area contributed by atoms with Crippen LogP contribution in [0.25, 0.3) is 0 Å². The van der Waals surface area contributed by atoms with E-state index in [1.165, 1.54) is 0 Å². The van der Waals surface area contributed by atoms with Gasteiger partial charge in [-0.2, -0.15) is 13.2 Å². The van der Waals surface area contributed by atoms with Crippen LogP contribution >= 0.6 is 0 Å². The maximum Gasteiger partial charge on any atom is 0.433 e. The van der Waals surface area contributed by atoms with Crippen molar-refractivity contribution in [2.24, 2.45) is 5.41 Å². The van der Waals surface area contributed by atoms with Crippen LogP contribution < -0.4 is 4.72 Å². The van der Waals surface area contributed by atoms with Gasteiger partial charge in [-0.25, -0.2) is 13.1 Å². The molecule has 0 aromatic carbocycles. The lowest BCUT2D eigenvalue weighted by Crippen LogP contribution is -2.44. The van der Waals surface area contributed by atoms with Crippen molar-refractivity contribution >= 4 is 10.0 Å². The van der Waals surface area contributed by atoms with Gasteiger partial charge in [-0.05, 0) is 25.0 Å². The van der Waals surface area contributed by atoms with E-state index in [0.717, 1.165) is 12.5 Å². The molecule has 2 N–H and O–H groups in total. The van der Waals surface area contributed by atoms with Gasteiger partial charge in [0.1, 0.15) is 10.6 Å². The molecule has 5 nitrogen and oxygen atoms in total. The zero-order valence-electron chi connectivity index (χ0n) is 11.9. The van der Waals surface area contributed by atoms with Crippen molar-refractivity contribution in [1.82, 2.24) is 9.71 Å². The third-order valence-electron chi connectivity index (χ3n) is 4.08. The first kappa shape index (κ1) is 17.2. The number of halogens is 3. The molecule has 1 heterocycles. The minimum Gasteiger partial charge on any atom is -0.396 e. The summed E-state index contributed by atoms with van der Waals surface area (Å²) >= 11 is 0. The highest BCUT2D eigenvalue weighted by molar-refractivity contribution is 7.89. The molecule has 1 aromatic rings. The summed E-state index contributed by atoms with van der Waals surface area (Å²) in [5.41, 5.74) is -1.71. The number of rotatable bonds is 4. The summed E-state index contributed by atoms with van der Waals surface area (Å²) in [5.74, 6) is 0. The Morgan fingerprint density at radius 1 is 1.45 bits per heavy atom. The van der Waals surface area contributed by atoms with E-state index in [0.29, 0.717) is 25.1 Å². The number of aliphatic hydroxyl groups excluding tert-OH is 1. The average Bonchev–Trinajstić information content (AvgIpc) is 2.79. The second-order valence-corrected chi connectivity index (χ2v) is 7.47. The van der Waals surface area contributed by atoms with Crippen LogP contribution in [0.5, 0.6) is 0 Å². The van der Waals surface area contributed by atoms with Crippen LogP contribution in [0.4, 0.5) is 13.2 Å². The highest BCUT2D eigenvalue weighted by Gasteiger charge is 2.40. The number of alkyl halides is 3. The van der Waals surface area contributed by atoms with Gasteiger partial charge >= 0.3 is 6.18 Å². The molecule has 0 saturated heterocycles. The lowest BCUT2D eigenvalue weighted by molar-refractivity contribution is -0.141. The monoisotopic (exact) mass is 338 g/mol. The molecule has 2 rings (SSSR count). The van der Waals surface area contributed by atoms with Crippen LogP contribution in [0.1, 0.15) is 31.9 Å². The van der Waals surface area contributed by atoms with E-state index in [1.54, 1.807) is 6.92 Å². The molecule has 0 aliphatic heterocycles. The molecule has 22 heavy (non-hydrogen) atoms. The van der Waals surface area contributed by atoms with Crippen LogP contribution in [0, 0.1) is 5.41 Å². The molecule has 124 valence electrons. The van der Waals surface area contributed by atoms with Crippen LogP contribution in [0.3, 0.4) is 0 Å². The maximum atomic E-state index is 12.4. The minimum absolute atomic E-state index is 0.161. The number of aromatic nitrogens is 1. The summed E-state index contributed by atoms with van der Waals surface area (Å²) in [6.45, 7) is 1.61. The largest absolute Gasteiger partial charge is 0.433 e. The van der Waals surface area contributed by atoms with Crippen LogP contribution in [-0.2, 0) is 16.2 Å². The molecule has 0 bridgehead atoms. The predicted octanol–water partition coefficient (Wildman–Crippen LogP) is 1.93. The Balaban J connectivity index is 2.21. The second-order valence-electron chi connectivity index (χ2n) is 5.76. The van der Waals surface area contributed by atoms with E-state index < -0.39 is 33.4 Å². The molecular formula is C13H17F3N2O3S. The van der Waals surface area contributed by atoms with Crippen molar-refractivity contribution in [2.75, 3.05) is 6.61 Å². The maximum absolute atomic E-state index is 12.4. The summed E-state index contributed by atoms with van der Waals surface area (Å²) in [6.07, 6.45) is -1.89. The molecule has 9 heteroatoms. The van der Waals surface area contributed by atoms with Gasteiger partial charge in [0.2, 0.25) is 10.0 Å². The first-order chi connectivity index (χ1) is 10.1. The first-order valence-electron chi connectivity index (χ1n) is 6.75. The van der Waals surface area contributed by atoms with Crippen molar-refractivity contribution in [3.63, 3.8) is 0 Å². The fraction of sp³-hybridized carbons (Fsp3) is 0.615. The Morgan fingerprint density at radius 3 is 2.64 bits per heavy atom. The lowest BCUT2D eigenvalue weighted by Gasteiger charge is -2.29. The molecule has 0 radical (unpaired) electrons. The number of aliphatic hydroxyl groups is 1. The normalized spacial score (nSPS) is 26.3. The van der Waals surface area contributed by atoms with Gasteiger partial charge in [-0.1, -0.05) is 13.3 Å². The molecule has 1 aliphatic carbocycles. The van der Waals surface area contributed by atoms with E-state index in [1.807, 2.05) is 0 Å². The van der Waals surface area contributed by atoms with Gasteiger partial charge in [-0.15, -0.1) is 0 Å². The Morgan fingerprint density at radius 2 is 2.14 bits per heavy atom. The molecule has 1 saturated carbocycles. The predicted molar refractivity (Wildman–Crippen MR) is 72.4 cm³/mol. The molecule has 0 spiro atoms. The summed E-state index contributed by atoms with van der Waals surface area (Å²) in [4.78, 5) is 2.83. The Bertz CT molecular complexity index is 631. The SMILES string of the molecule is C[C@@]1(CO)CCC[C@@H]1NS(=O)(=O)c1ccc(C(F)(F)F)nc1. The highest BCUT2D eigenvalue weighted by atomic mass is 32.2. The number of pyridine rings is 1. The van der Waals surface area contributed by atoms with Crippen LogP contribution in [0.15, 0.2) is 23.2 Å². The van der Waals surface area contributed by atoms with E-state index in [-0.39, 0.29) is 11.5 Å². The fourth-order valence-corrected chi connectivity index (χ4v) is 3.94. The summed E-state index contributed by atoms with van der Waals surface area (Å²) in [5, 5.41) is 9.42. The first-order valence-corrected chi connectivity index (χ1v) is 8.23. The zero-order valence-corrected chi connectivity index (χ0v) is 12.7. The number of hydrogen-bond acceptors (Lipinski definition) is 4. The van der Waals surface area contributed by atoms with Gasteiger partial charge in [0.05, 0.1) is 0 Å². The van der Waals surface area contributed by atoms with Gasteiger partial charge in [0.25, 0.3) is 0 Å². The average molecular weight is 338 g/mol. The van der Waals surface area contributed by atoms with Crippen molar-refractivity contribution in [3.05, 3.63) is 24.0 Å². The Hall–Kier alpha value is -1.19. The number of sulfonamides is 1. The van der Waals surface area contributed by atoms with E-state index in [9.17, 15) is 26.7 Å². The van der Waals surface area contributed by atoms with Crippen molar-refractivity contribution in [1.29, 1.82) is 0 Å². The number of hydrogen-bond donors (Lipinski definition) is 2. The van der Waals surface area contributed by atoms with E-state index in [4.69, 9.17) is 0 Å². The smallest absolute Gasteiger partial charge is 0.396 e. The summed E-state index contributed by atoms with van der Waals surface area (Å²) in [6, 6.07) is 1.06. The summed E-state index contributed by atoms with van der Waals surface area (Å²) < 4.78 is 64.2. The molecule has 1 aliphatic rings. The van der Waals surface area contributed by atoms with Crippen molar-refractivity contribution in [3.8, 4) is 0 Å². The molecular weight excluding hydrogens is 321 g/mol. The quantitative estimate of drug-likeness (QED) is 0.879. The fourth-order valence-electron chi connectivity index (χ4n) is 2.59. The topological polar surface area (TPSA) is 79.3 Å². The van der Waals surface area contributed by atoms with E-state index in [2.05, 4.69) is 9.71 Å². The molecule has 1 aromatic heterocycles. The highest BCUT2D eigenvalue weighted by Crippen LogP contribution is 2.38.